The molecule has 1 saturated heterocycles. The number of aromatic hydroxyl groups is 1. The number of halogens is 1. The molecule has 2 N–H and O–H groups in total. The summed E-state index contributed by atoms with van der Waals surface area (Å²) in [6.45, 7) is 3.66. The quantitative estimate of drug-likeness (QED) is 0.439. The molecule has 0 aliphatic carbocycles. The Labute approximate surface area is 177 Å². The third-order valence-corrected chi connectivity index (χ3v) is 5.94. The highest BCUT2D eigenvalue weighted by Crippen LogP contribution is 2.36. The molecule has 2 aliphatic rings. The fourth-order valence-corrected chi connectivity index (χ4v) is 4.38. The lowest BCUT2D eigenvalue weighted by molar-refractivity contribution is 0.119. The first-order valence-electron chi connectivity index (χ1n) is 9.82. The molecule has 3 aromatic rings. The molecule has 0 atom stereocenters. The van der Waals surface area contributed by atoms with Gasteiger partial charge in [-0.2, -0.15) is 0 Å². The van der Waals surface area contributed by atoms with Gasteiger partial charge in [0.1, 0.15) is 18.0 Å². The monoisotopic (exact) mass is 452 g/mol. The van der Waals surface area contributed by atoms with E-state index in [1.807, 2.05) is 42.5 Å². The third-order valence-electron chi connectivity index (χ3n) is 5.45. The second-order valence-corrected chi connectivity index (χ2v) is 8.25. The summed E-state index contributed by atoms with van der Waals surface area (Å²) in [5.74, 6) is 0.0848. The number of likely N-dealkylation sites (tertiary alicyclic amines) is 1. The molecule has 0 spiro atoms. The number of oxime groups is 1. The maximum atomic E-state index is 10.6. The van der Waals surface area contributed by atoms with E-state index < -0.39 is 0 Å². The number of nitrogens with one attached hydrogen (secondary N) is 1. The highest BCUT2D eigenvalue weighted by atomic mass is 79.9. The van der Waals surface area contributed by atoms with Crippen LogP contribution in [0.1, 0.15) is 24.0 Å². The van der Waals surface area contributed by atoms with Gasteiger partial charge >= 0.3 is 0 Å². The van der Waals surface area contributed by atoms with Crippen molar-refractivity contribution >= 4 is 43.9 Å². The smallest absolute Gasteiger partial charge is 0.199 e. The second kappa shape index (κ2) is 7.65. The van der Waals surface area contributed by atoms with E-state index in [-0.39, 0.29) is 5.88 Å². The predicted octanol–water partition coefficient (Wildman–Crippen LogP) is 4.59. The van der Waals surface area contributed by atoms with Crippen LogP contribution < -0.4 is 0 Å². The molecule has 1 aromatic heterocycles. The third kappa shape index (κ3) is 3.45. The Morgan fingerprint density at radius 2 is 2.00 bits per heavy atom. The van der Waals surface area contributed by atoms with Crippen molar-refractivity contribution in [1.82, 2.24) is 9.88 Å². The second-order valence-electron chi connectivity index (χ2n) is 7.34. The number of benzene rings is 2. The summed E-state index contributed by atoms with van der Waals surface area (Å²) in [4.78, 5) is 15.9. The Balaban J connectivity index is 1.50. The number of rotatable bonds is 5. The van der Waals surface area contributed by atoms with Gasteiger partial charge in [-0.3, -0.25) is 4.90 Å². The molecule has 0 amide bonds. The first-order chi connectivity index (χ1) is 14.2. The lowest BCUT2D eigenvalue weighted by atomic mass is 10.0. The fraction of sp³-hybridized carbons (Fsp3) is 0.273. The van der Waals surface area contributed by atoms with Crippen molar-refractivity contribution in [2.75, 3.05) is 26.2 Å². The Hall–Kier alpha value is -2.64. The van der Waals surface area contributed by atoms with Gasteiger partial charge in [-0.05, 0) is 50.2 Å². The van der Waals surface area contributed by atoms with Crippen LogP contribution in [0.5, 0.6) is 5.88 Å². The van der Waals surface area contributed by atoms with E-state index in [0.717, 1.165) is 46.3 Å². The van der Waals surface area contributed by atoms with E-state index in [0.29, 0.717) is 23.6 Å². The molecule has 2 aliphatic heterocycles. The number of para-hydroxylation sites is 1. The van der Waals surface area contributed by atoms with Gasteiger partial charge < -0.3 is 14.9 Å². The van der Waals surface area contributed by atoms with Crippen molar-refractivity contribution in [2.24, 2.45) is 10.1 Å². The van der Waals surface area contributed by atoms with Crippen LogP contribution in [0.4, 0.5) is 5.69 Å². The lowest BCUT2D eigenvalue weighted by Crippen LogP contribution is -2.23. The van der Waals surface area contributed by atoms with E-state index in [1.54, 1.807) is 0 Å². The number of hydrogen-bond acceptors (Lipinski definition) is 5. The summed E-state index contributed by atoms with van der Waals surface area (Å²) < 4.78 is 0.945. The van der Waals surface area contributed by atoms with Gasteiger partial charge in [0.05, 0.1) is 11.3 Å². The van der Waals surface area contributed by atoms with Crippen molar-refractivity contribution in [1.29, 1.82) is 0 Å². The zero-order valence-electron chi connectivity index (χ0n) is 15.9. The lowest BCUT2D eigenvalue weighted by Gasteiger charge is -2.13. The number of aromatic amines is 1. The Morgan fingerprint density at radius 1 is 1.17 bits per heavy atom. The molecule has 148 valence electrons. The standard InChI is InChI=1S/C22H21BrN4O2/c23-14-7-8-18-16(13-14)20(26-29-12-11-27-9-3-4-10-27)21(24-18)19-15-5-1-2-6-17(15)25-22(19)28/h1-2,5-8,13,25,28H,3-4,9-12H2/b26-20+. The van der Waals surface area contributed by atoms with Crippen LogP contribution >= 0.6 is 15.9 Å². The van der Waals surface area contributed by atoms with E-state index in [9.17, 15) is 5.11 Å². The summed E-state index contributed by atoms with van der Waals surface area (Å²) in [6.07, 6.45) is 2.51. The van der Waals surface area contributed by atoms with Gasteiger partial charge in [-0.1, -0.05) is 39.3 Å². The first kappa shape index (κ1) is 18.4. The molecule has 6 nitrogen and oxygen atoms in total. The van der Waals surface area contributed by atoms with Crippen LogP contribution in [0.25, 0.3) is 10.9 Å². The number of aliphatic imine (C=N–C) groups is 1. The molecule has 3 heterocycles. The zero-order valence-corrected chi connectivity index (χ0v) is 17.4. The number of aromatic nitrogens is 1. The molecule has 5 rings (SSSR count). The number of H-pyrrole nitrogens is 1. The minimum absolute atomic E-state index is 0.0848. The van der Waals surface area contributed by atoms with Crippen molar-refractivity contribution in [3.8, 4) is 5.88 Å². The van der Waals surface area contributed by atoms with Crippen LogP contribution in [0.2, 0.25) is 0 Å². The molecule has 0 unspecified atom stereocenters. The van der Waals surface area contributed by atoms with Crippen LogP contribution in [0, 0.1) is 0 Å². The SMILES string of the molecule is Oc1[nH]c2ccccc2c1C1=Nc2ccc(Br)cc2/C1=N\OCCN1CCCC1. The zero-order chi connectivity index (χ0) is 19.8. The Kier molecular flexibility index (Phi) is 4.85. The molecule has 2 aromatic carbocycles. The van der Waals surface area contributed by atoms with E-state index in [1.165, 1.54) is 12.8 Å². The fourth-order valence-electron chi connectivity index (χ4n) is 4.02. The van der Waals surface area contributed by atoms with Crippen LogP contribution in [-0.4, -0.2) is 52.7 Å². The van der Waals surface area contributed by atoms with Crippen LogP contribution in [0.15, 0.2) is 57.1 Å². The summed E-state index contributed by atoms with van der Waals surface area (Å²) in [6, 6.07) is 13.7. The summed E-state index contributed by atoms with van der Waals surface area (Å²) >= 11 is 3.53. The van der Waals surface area contributed by atoms with Crippen LogP contribution in [-0.2, 0) is 4.84 Å². The Bertz CT molecular complexity index is 1130. The van der Waals surface area contributed by atoms with E-state index in [2.05, 4.69) is 31.0 Å². The highest BCUT2D eigenvalue weighted by Gasteiger charge is 2.29. The summed E-state index contributed by atoms with van der Waals surface area (Å²) in [5.41, 5.74) is 4.47. The first-order valence-corrected chi connectivity index (χ1v) is 10.6. The maximum Gasteiger partial charge on any atom is 0.199 e. The maximum absolute atomic E-state index is 10.6. The predicted molar refractivity (Wildman–Crippen MR) is 118 cm³/mol. The number of nitrogens with zero attached hydrogens (tertiary/aromatic N) is 3. The molecule has 0 saturated carbocycles. The molecular weight excluding hydrogens is 432 g/mol. The van der Waals surface area contributed by atoms with E-state index >= 15 is 0 Å². The average Bonchev–Trinajstić information content (AvgIpc) is 3.42. The van der Waals surface area contributed by atoms with Crippen molar-refractivity contribution < 1.29 is 9.94 Å². The van der Waals surface area contributed by atoms with Gasteiger partial charge in [0, 0.05) is 27.5 Å². The topological polar surface area (TPSA) is 73.2 Å². The molecule has 0 bridgehead atoms. The van der Waals surface area contributed by atoms with Gasteiger partial charge in [0.2, 0.25) is 0 Å². The van der Waals surface area contributed by atoms with Crippen LogP contribution in [0.3, 0.4) is 0 Å². The van der Waals surface area contributed by atoms with Gasteiger partial charge in [0.15, 0.2) is 5.88 Å². The molecular formula is C22H21BrN4O2. The molecule has 29 heavy (non-hydrogen) atoms. The summed E-state index contributed by atoms with van der Waals surface area (Å²) in [7, 11) is 0. The summed E-state index contributed by atoms with van der Waals surface area (Å²) in [5, 5.41) is 16.0. The van der Waals surface area contributed by atoms with E-state index in [4.69, 9.17) is 9.83 Å². The van der Waals surface area contributed by atoms with Gasteiger partial charge in [-0.25, -0.2) is 4.99 Å². The minimum Gasteiger partial charge on any atom is -0.494 e. The highest BCUT2D eigenvalue weighted by molar-refractivity contribution is 9.10. The number of fused-ring (bicyclic) bond motifs is 2. The van der Waals surface area contributed by atoms with Crippen molar-refractivity contribution in [3.63, 3.8) is 0 Å². The van der Waals surface area contributed by atoms with Gasteiger partial charge in [0.25, 0.3) is 0 Å². The Morgan fingerprint density at radius 3 is 2.86 bits per heavy atom. The molecule has 1 fully saturated rings. The largest absolute Gasteiger partial charge is 0.494 e. The molecule has 0 radical (unpaired) electrons. The van der Waals surface area contributed by atoms with Crippen molar-refractivity contribution in [3.05, 3.63) is 58.1 Å². The minimum atomic E-state index is 0.0848. The number of hydrogen-bond donors (Lipinski definition) is 2. The van der Waals surface area contributed by atoms with Gasteiger partial charge in [-0.15, -0.1) is 0 Å². The molecule has 7 heteroatoms. The van der Waals surface area contributed by atoms with Crippen molar-refractivity contribution in [2.45, 2.75) is 12.8 Å². The normalized spacial score (nSPS) is 17.8. The average molecular weight is 453 g/mol.